The number of carbonyl (C=O) groups excluding carboxylic acids is 2. The molecular formula is C15H20BrNO4. The number of aromatic hydroxyl groups is 1. The van der Waals surface area contributed by atoms with E-state index in [1.807, 2.05) is 0 Å². The molecule has 0 heterocycles. The second kappa shape index (κ2) is 9.39. The highest BCUT2D eigenvalue weighted by Crippen LogP contribution is 2.22. The molecule has 0 spiro atoms. The molecule has 2 N–H and O–H groups in total. The van der Waals surface area contributed by atoms with Crippen molar-refractivity contribution in [3.05, 3.63) is 28.2 Å². The molecule has 0 radical (unpaired) electrons. The van der Waals surface area contributed by atoms with Crippen molar-refractivity contribution in [3.8, 4) is 5.75 Å². The maximum Gasteiger partial charge on any atom is 0.342 e. The number of unbranched alkanes of at least 4 members (excludes halogenated alkanes) is 3. The van der Waals surface area contributed by atoms with Crippen LogP contribution in [0.1, 0.15) is 43.0 Å². The van der Waals surface area contributed by atoms with E-state index in [2.05, 4.69) is 28.2 Å². The van der Waals surface area contributed by atoms with Crippen molar-refractivity contribution < 1.29 is 19.4 Å². The van der Waals surface area contributed by atoms with E-state index in [9.17, 15) is 14.7 Å². The van der Waals surface area contributed by atoms with E-state index in [0.717, 1.165) is 25.7 Å². The van der Waals surface area contributed by atoms with Crippen LogP contribution in [0.2, 0.25) is 0 Å². The average Bonchev–Trinajstić information content (AvgIpc) is 2.47. The lowest BCUT2D eigenvalue weighted by molar-refractivity contribution is -0.124. The molecule has 0 bridgehead atoms. The molecule has 0 fully saturated rings. The molecule has 0 unspecified atom stereocenters. The summed E-state index contributed by atoms with van der Waals surface area (Å²) < 4.78 is 5.52. The van der Waals surface area contributed by atoms with Gasteiger partial charge in [0.2, 0.25) is 0 Å². The van der Waals surface area contributed by atoms with Crippen LogP contribution in [-0.2, 0) is 9.53 Å². The van der Waals surface area contributed by atoms with E-state index in [1.54, 1.807) is 6.07 Å². The summed E-state index contributed by atoms with van der Waals surface area (Å²) in [6, 6.07) is 4.43. The number of hydrogen-bond donors (Lipinski definition) is 2. The van der Waals surface area contributed by atoms with Gasteiger partial charge < -0.3 is 15.2 Å². The molecule has 0 saturated heterocycles. The number of rotatable bonds is 8. The topological polar surface area (TPSA) is 75.6 Å². The number of ether oxygens (including phenoxy) is 1. The summed E-state index contributed by atoms with van der Waals surface area (Å²) in [5, 5.41) is 12.3. The summed E-state index contributed by atoms with van der Waals surface area (Å²) in [7, 11) is 0. The van der Waals surface area contributed by atoms with Gasteiger partial charge in [0.25, 0.3) is 5.91 Å². The third-order valence-corrected chi connectivity index (χ3v) is 3.36. The van der Waals surface area contributed by atoms with Gasteiger partial charge in [0.15, 0.2) is 6.61 Å². The van der Waals surface area contributed by atoms with Crippen LogP contribution in [0.3, 0.4) is 0 Å². The molecule has 1 aromatic rings. The fourth-order valence-corrected chi connectivity index (χ4v) is 2.07. The molecule has 0 aliphatic rings. The Morgan fingerprint density at radius 1 is 1.29 bits per heavy atom. The number of hydrogen-bond acceptors (Lipinski definition) is 4. The molecule has 5 nitrogen and oxygen atoms in total. The highest BCUT2D eigenvalue weighted by Gasteiger charge is 2.14. The Morgan fingerprint density at radius 3 is 2.76 bits per heavy atom. The lowest BCUT2D eigenvalue weighted by atomic mass is 10.2. The quantitative estimate of drug-likeness (QED) is 0.553. The molecule has 0 atom stereocenters. The van der Waals surface area contributed by atoms with E-state index >= 15 is 0 Å². The minimum absolute atomic E-state index is 0.0279. The smallest absolute Gasteiger partial charge is 0.342 e. The molecule has 116 valence electrons. The Labute approximate surface area is 132 Å². The van der Waals surface area contributed by atoms with Gasteiger partial charge in [-0.2, -0.15) is 0 Å². The molecule has 6 heteroatoms. The summed E-state index contributed by atoms with van der Waals surface area (Å²) in [4.78, 5) is 23.3. The minimum Gasteiger partial charge on any atom is -0.507 e. The number of esters is 1. The predicted molar refractivity (Wildman–Crippen MR) is 83.2 cm³/mol. The van der Waals surface area contributed by atoms with E-state index in [4.69, 9.17) is 4.74 Å². The highest BCUT2D eigenvalue weighted by atomic mass is 79.9. The summed E-state index contributed by atoms with van der Waals surface area (Å²) in [6.07, 6.45) is 4.27. The number of halogens is 1. The number of amides is 1. The van der Waals surface area contributed by atoms with Crippen LogP contribution < -0.4 is 5.32 Å². The lowest BCUT2D eigenvalue weighted by Crippen LogP contribution is -2.29. The van der Waals surface area contributed by atoms with E-state index in [1.165, 1.54) is 12.1 Å². The van der Waals surface area contributed by atoms with Gasteiger partial charge in [0.1, 0.15) is 11.3 Å². The maximum atomic E-state index is 11.8. The second-order valence-electron chi connectivity index (χ2n) is 4.65. The number of carbonyl (C=O) groups is 2. The zero-order valence-electron chi connectivity index (χ0n) is 12.0. The first-order valence-electron chi connectivity index (χ1n) is 6.97. The SMILES string of the molecule is CCCCCCNC(=O)COC(=O)c1cc(Br)ccc1O. The van der Waals surface area contributed by atoms with Gasteiger partial charge in [0.05, 0.1) is 0 Å². The summed E-state index contributed by atoms with van der Waals surface area (Å²) in [5.41, 5.74) is 0.0279. The number of phenolic OH excluding ortho intramolecular Hbond substituents is 1. The third-order valence-electron chi connectivity index (χ3n) is 2.87. The molecule has 1 amide bonds. The largest absolute Gasteiger partial charge is 0.507 e. The molecule has 0 aliphatic carbocycles. The van der Waals surface area contributed by atoms with Gasteiger partial charge in [-0.15, -0.1) is 0 Å². The molecule has 0 aliphatic heterocycles. The van der Waals surface area contributed by atoms with Crippen molar-refractivity contribution in [1.82, 2.24) is 5.32 Å². The van der Waals surface area contributed by atoms with Crippen LogP contribution in [0.5, 0.6) is 5.75 Å². The van der Waals surface area contributed by atoms with Crippen molar-refractivity contribution in [2.75, 3.05) is 13.2 Å². The molecule has 21 heavy (non-hydrogen) atoms. The normalized spacial score (nSPS) is 10.2. The molecule has 1 rings (SSSR count). The predicted octanol–water partition coefficient (Wildman–Crippen LogP) is 3.01. The Bertz CT molecular complexity index is 491. The Balaban J connectivity index is 2.32. The second-order valence-corrected chi connectivity index (χ2v) is 5.56. The zero-order chi connectivity index (χ0) is 15.7. The van der Waals surface area contributed by atoms with Crippen LogP contribution in [0.15, 0.2) is 22.7 Å². The highest BCUT2D eigenvalue weighted by molar-refractivity contribution is 9.10. The van der Waals surface area contributed by atoms with Crippen LogP contribution in [-0.4, -0.2) is 30.1 Å². The molecule has 1 aromatic carbocycles. The van der Waals surface area contributed by atoms with Gasteiger partial charge in [-0.3, -0.25) is 4.79 Å². The van der Waals surface area contributed by atoms with Gasteiger partial charge >= 0.3 is 5.97 Å². The number of phenols is 1. The Hall–Kier alpha value is -1.56. The first-order valence-corrected chi connectivity index (χ1v) is 7.76. The van der Waals surface area contributed by atoms with Gasteiger partial charge in [0, 0.05) is 11.0 Å². The lowest BCUT2D eigenvalue weighted by Gasteiger charge is -2.07. The van der Waals surface area contributed by atoms with E-state index < -0.39 is 5.97 Å². The fourth-order valence-electron chi connectivity index (χ4n) is 1.71. The summed E-state index contributed by atoms with van der Waals surface area (Å²) >= 11 is 3.20. The van der Waals surface area contributed by atoms with Crippen LogP contribution in [0.4, 0.5) is 0 Å². The maximum absolute atomic E-state index is 11.8. The molecule has 0 saturated carbocycles. The van der Waals surface area contributed by atoms with Gasteiger partial charge in [-0.25, -0.2) is 4.79 Å². The average molecular weight is 358 g/mol. The number of benzene rings is 1. The zero-order valence-corrected chi connectivity index (χ0v) is 13.6. The molecule has 0 aromatic heterocycles. The first-order chi connectivity index (χ1) is 10.0. The third kappa shape index (κ3) is 6.62. The molecular weight excluding hydrogens is 338 g/mol. The summed E-state index contributed by atoms with van der Waals surface area (Å²) in [6.45, 7) is 2.35. The van der Waals surface area contributed by atoms with E-state index in [-0.39, 0.29) is 23.8 Å². The van der Waals surface area contributed by atoms with Crippen LogP contribution in [0, 0.1) is 0 Å². The Morgan fingerprint density at radius 2 is 2.05 bits per heavy atom. The van der Waals surface area contributed by atoms with Crippen molar-refractivity contribution in [1.29, 1.82) is 0 Å². The van der Waals surface area contributed by atoms with Crippen LogP contribution in [0.25, 0.3) is 0 Å². The van der Waals surface area contributed by atoms with Gasteiger partial charge in [-0.05, 0) is 24.6 Å². The van der Waals surface area contributed by atoms with Crippen molar-refractivity contribution in [3.63, 3.8) is 0 Å². The summed E-state index contributed by atoms with van der Waals surface area (Å²) in [5.74, 6) is -1.24. The minimum atomic E-state index is -0.727. The standard InChI is InChI=1S/C15H20BrNO4/c1-2-3-4-5-8-17-14(19)10-21-15(20)12-9-11(16)6-7-13(12)18/h6-7,9,18H,2-5,8,10H2,1H3,(H,17,19). The monoisotopic (exact) mass is 357 g/mol. The van der Waals surface area contributed by atoms with Crippen molar-refractivity contribution >= 4 is 27.8 Å². The Kier molecular flexibility index (Phi) is 7.82. The first kappa shape index (κ1) is 17.5. The van der Waals surface area contributed by atoms with E-state index in [0.29, 0.717) is 11.0 Å². The number of nitrogens with one attached hydrogen (secondary N) is 1. The van der Waals surface area contributed by atoms with Gasteiger partial charge in [-0.1, -0.05) is 42.1 Å². The fraction of sp³-hybridized carbons (Fsp3) is 0.467. The van der Waals surface area contributed by atoms with Crippen molar-refractivity contribution in [2.24, 2.45) is 0 Å². The van der Waals surface area contributed by atoms with Crippen molar-refractivity contribution in [2.45, 2.75) is 32.6 Å². The van der Waals surface area contributed by atoms with Crippen LogP contribution >= 0.6 is 15.9 Å².